The van der Waals surface area contributed by atoms with Gasteiger partial charge in [-0.15, -0.1) is 0 Å². The van der Waals surface area contributed by atoms with Gasteiger partial charge in [-0.1, -0.05) is 30.3 Å². The summed E-state index contributed by atoms with van der Waals surface area (Å²) < 4.78 is 38.6. The molecule has 3 aliphatic heterocycles. The van der Waals surface area contributed by atoms with Gasteiger partial charge in [0.05, 0.1) is 25.3 Å². The molecule has 11 heteroatoms. The van der Waals surface area contributed by atoms with Gasteiger partial charge in [-0.2, -0.15) is 0 Å². The second kappa shape index (κ2) is 10.4. The molecule has 0 radical (unpaired) electrons. The summed E-state index contributed by atoms with van der Waals surface area (Å²) in [5.74, 6) is -0.692. The Balaban J connectivity index is 1.33. The topological polar surface area (TPSA) is 114 Å². The zero-order chi connectivity index (χ0) is 26.9. The monoisotopic (exact) mass is 541 g/mol. The molecule has 5 rings (SSSR count). The molecule has 3 heterocycles. The van der Waals surface area contributed by atoms with Crippen molar-refractivity contribution in [1.29, 1.82) is 0 Å². The number of sulfonamides is 1. The van der Waals surface area contributed by atoms with E-state index in [-0.39, 0.29) is 36.1 Å². The number of hydrogen-bond donors (Lipinski definition) is 0. The van der Waals surface area contributed by atoms with Crippen LogP contribution in [0.5, 0.6) is 5.75 Å². The van der Waals surface area contributed by atoms with Gasteiger partial charge in [0, 0.05) is 13.6 Å². The zero-order valence-corrected chi connectivity index (χ0v) is 22.1. The first-order valence-electron chi connectivity index (χ1n) is 12.8. The van der Waals surface area contributed by atoms with Crippen LogP contribution in [0.4, 0.5) is 0 Å². The molecule has 1 saturated heterocycles. The van der Waals surface area contributed by atoms with Gasteiger partial charge < -0.3 is 19.3 Å². The van der Waals surface area contributed by atoms with Gasteiger partial charge in [-0.05, 0) is 49.4 Å². The van der Waals surface area contributed by atoms with Crippen molar-refractivity contribution in [3.8, 4) is 5.75 Å². The molecule has 0 aliphatic carbocycles. The Hall–Kier alpha value is -3.44. The zero-order valence-electron chi connectivity index (χ0n) is 21.3. The van der Waals surface area contributed by atoms with Crippen LogP contribution in [0.1, 0.15) is 35.2 Å². The average molecular weight is 542 g/mol. The number of aryl methyl sites for hydroxylation is 1. The van der Waals surface area contributed by atoms with Crippen LogP contribution in [-0.2, 0) is 30.8 Å². The van der Waals surface area contributed by atoms with Crippen molar-refractivity contribution in [2.45, 2.75) is 36.2 Å². The Bertz CT molecular complexity index is 1360. The third-order valence-corrected chi connectivity index (χ3v) is 9.19. The van der Waals surface area contributed by atoms with E-state index in [2.05, 4.69) is 0 Å². The van der Waals surface area contributed by atoms with Crippen LogP contribution < -0.4 is 4.74 Å². The van der Waals surface area contributed by atoms with Crippen molar-refractivity contribution in [3.05, 3.63) is 59.7 Å². The highest BCUT2D eigenvalue weighted by atomic mass is 32.2. The molecule has 0 bridgehead atoms. The van der Waals surface area contributed by atoms with Crippen LogP contribution >= 0.6 is 0 Å². The maximum Gasteiger partial charge on any atom is 0.269 e. The molecule has 2 aromatic rings. The number of fused-ring (bicyclic) bond motifs is 2. The van der Waals surface area contributed by atoms with Crippen LogP contribution in [0.15, 0.2) is 53.4 Å². The van der Waals surface area contributed by atoms with Gasteiger partial charge >= 0.3 is 0 Å². The van der Waals surface area contributed by atoms with Crippen molar-refractivity contribution in [3.63, 3.8) is 0 Å². The number of para-hydroxylation sites is 1. The van der Waals surface area contributed by atoms with Crippen molar-refractivity contribution in [2.24, 2.45) is 0 Å². The molecular weight excluding hydrogens is 510 g/mol. The highest BCUT2D eigenvalue weighted by molar-refractivity contribution is 7.90. The van der Waals surface area contributed by atoms with Crippen LogP contribution in [0, 0.1) is 0 Å². The summed E-state index contributed by atoms with van der Waals surface area (Å²) in [6.45, 7) is 0.342. The first-order valence-corrected chi connectivity index (χ1v) is 14.2. The summed E-state index contributed by atoms with van der Waals surface area (Å²) >= 11 is 0. The van der Waals surface area contributed by atoms with Crippen molar-refractivity contribution < 1.29 is 32.3 Å². The first kappa shape index (κ1) is 26.2. The number of hydrogen-bond acceptors (Lipinski definition) is 7. The molecule has 10 nitrogen and oxygen atoms in total. The molecule has 0 saturated carbocycles. The molecule has 0 aromatic heterocycles. The van der Waals surface area contributed by atoms with Gasteiger partial charge in [-0.25, -0.2) is 12.7 Å². The third kappa shape index (κ3) is 4.76. The second-order valence-electron chi connectivity index (χ2n) is 9.86. The first-order chi connectivity index (χ1) is 18.2. The van der Waals surface area contributed by atoms with E-state index in [4.69, 9.17) is 9.47 Å². The van der Waals surface area contributed by atoms with Crippen LogP contribution in [0.2, 0.25) is 0 Å². The molecular formula is C27H31N3O7S. The fourth-order valence-electron chi connectivity index (χ4n) is 5.31. The van der Waals surface area contributed by atoms with Crippen LogP contribution in [0.3, 0.4) is 0 Å². The molecule has 3 aliphatic rings. The van der Waals surface area contributed by atoms with E-state index in [0.717, 1.165) is 24.2 Å². The van der Waals surface area contributed by atoms with Gasteiger partial charge in [0.25, 0.3) is 21.8 Å². The minimum absolute atomic E-state index is 0.0124. The maximum atomic E-state index is 13.6. The Morgan fingerprint density at radius 2 is 1.76 bits per heavy atom. The number of carbonyl (C=O) groups excluding carboxylic acids is 3. The lowest BCUT2D eigenvalue weighted by atomic mass is 9.91. The Morgan fingerprint density at radius 3 is 2.58 bits per heavy atom. The summed E-state index contributed by atoms with van der Waals surface area (Å²) in [7, 11) is -2.44. The Labute approximate surface area is 222 Å². The standard InChI is InChI=1S/C27H31N3O7S/c1-28-14-16-36-22-11-4-2-8-20(22)9-6-7-13-27(26(28)33)19-29(15-17-37-27)24(31)18-30-25(32)21-10-3-5-12-23(21)38(30,34)35/h2-5,8,10-12H,6-7,9,13-19H2,1H3. The molecule has 1 spiro atoms. The van der Waals surface area contributed by atoms with Crippen molar-refractivity contribution in [1.82, 2.24) is 14.1 Å². The number of amides is 3. The van der Waals surface area contributed by atoms with E-state index in [9.17, 15) is 22.8 Å². The van der Waals surface area contributed by atoms with Gasteiger partial charge in [0.2, 0.25) is 5.91 Å². The highest BCUT2D eigenvalue weighted by Gasteiger charge is 2.48. The largest absolute Gasteiger partial charge is 0.491 e. The Morgan fingerprint density at radius 1 is 1.00 bits per heavy atom. The predicted molar refractivity (Wildman–Crippen MR) is 137 cm³/mol. The minimum atomic E-state index is -4.12. The van der Waals surface area contributed by atoms with Crippen LogP contribution in [-0.4, -0.2) is 92.3 Å². The number of morpholine rings is 1. The van der Waals surface area contributed by atoms with E-state index >= 15 is 0 Å². The van der Waals surface area contributed by atoms with Gasteiger partial charge in [0.15, 0.2) is 5.60 Å². The second-order valence-corrected chi connectivity index (χ2v) is 11.7. The fourth-order valence-corrected chi connectivity index (χ4v) is 6.83. The van der Waals surface area contributed by atoms with E-state index in [1.807, 2.05) is 24.3 Å². The molecule has 2 aromatic carbocycles. The lowest BCUT2D eigenvalue weighted by Gasteiger charge is -2.43. The molecule has 1 unspecified atom stereocenters. The summed E-state index contributed by atoms with van der Waals surface area (Å²) in [5.41, 5.74) is -0.0910. The van der Waals surface area contributed by atoms with E-state index in [1.165, 1.54) is 23.1 Å². The van der Waals surface area contributed by atoms with Crippen LogP contribution in [0.25, 0.3) is 0 Å². The lowest BCUT2D eigenvalue weighted by molar-refractivity contribution is -0.175. The number of nitrogens with zero attached hydrogens (tertiary/aromatic N) is 3. The lowest BCUT2D eigenvalue weighted by Crippen LogP contribution is -2.62. The molecule has 3 amide bonds. The number of carbonyl (C=O) groups is 3. The number of likely N-dealkylation sites (N-methyl/N-ethyl adjacent to an activating group) is 1. The van der Waals surface area contributed by atoms with E-state index in [1.54, 1.807) is 18.0 Å². The summed E-state index contributed by atoms with van der Waals surface area (Å²) in [6, 6.07) is 13.8. The smallest absolute Gasteiger partial charge is 0.269 e. The van der Waals surface area contributed by atoms with Crippen molar-refractivity contribution >= 4 is 27.7 Å². The fraction of sp³-hybridized carbons (Fsp3) is 0.444. The molecule has 1 fully saturated rings. The molecule has 1 atom stereocenters. The normalized spacial score (nSPS) is 23.8. The Kier molecular flexibility index (Phi) is 7.15. The quantitative estimate of drug-likeness (QED) is 0.569. The molecule has 202 valence electrons. The molecule has 0 N–H and O–H groups in total. The number of ether oxygens (including phenoxy) is 2. The molecule has 38 heavy (non-hydrogen) atoms. The summed E-state index contributed by atoms with van der Waals surface area (Å²) in [4.78, 5) is 42.7. The highest BCUT2D eigenvalue weighted by Crippen LogP contribution is 2.32. The van der Waals surface area contributed by atoms with E-state index < -0.39 is 34.0 Å². The minimum Gasteiger partial charge on any atom is -0.491 e. The van der Waals surface area contributed by atoms with Crippen molar-refractivity contribution in [2.75, 3.05) is 46.4 Å². The van der Waals surface area contributed by atoms with E-state index in [0.29, 0.717) is 30.3 Å². The van der Waals surface area contributed by atoms with Gasteiger partial charge in [0.1, 0.15) is 23.8 Å². The van der Waals surface area contributed by atoms with Gasteiger partial charge in [-0.3, -0.25) is 14.4 Å². The number of benzene rings is 2. The number of rotatable bonds is 2. The summed E-state index contributed by atoms with van der Waals surface area (Å²) in [5, 5.41) is 0. The average Bonchev–Trinajstić information content (AvgIpc) is 3.11. The third-order valence-electron chi connectivity index (χ3n) is 7.40. The predicted octanol–water partition coefficient (Wildman–Crippen LogP) is 1.69. The summed E-state index contributed by atoms with van der Waals surface area (Å²) in [6.07, 6.45) is 2.68. The maximum absolute atomic E-state index is 13.6. The SMILES string of the molecule is CN1CCOc2ccccc2CCCCC2(CN(C(=O)CN3C(=O)c4ccccc4S3(=O)=O)CCO2)C1=O.